The molecule has 4 nitrogen and oxygen atoms in total. The first-order valence-electron chi connectivity index (χ1n) is 8.33. The van der Waals surface area contributed by atoms with Crippen molar-refractivity contribution < 1.29 is 18.4 Å². The van der Waals surface area contributed by atoms with Gasteiger partial charge in [-0.25, -0.2) is 8.78 Å². The van der Waals surface area contributed by atoms with Crippen LogP contribution in [-0.4, -0.2) is 17.9 Å². The summed E-state index contributed by atoms with van der Waals surface area (Å²) in [5, 5.41) is 5.17. The SMILES string of the molecule is Cc1ccc(NC(=O)C(NC(=O)c2c(F)cccc2F)C(C)C)cc1C. The third kappa shape index (κ3) is 4.45. The van der Waals surface area contributed by atoms with Crippen LogP contribution < -0.4 is 10.6 Å². The number of aryl methyl sites for hydroxylation is 2. The lowest BCUT2D eigenvalue weighted by Crippen LogP contribution is -2.47. The molecule has 26 heavy (non-hydrogen) atoms. The van der Waals surface area contributed by atoms with E-state index in [1.54, 1.807) is 19.9 Å². The van der Waals surface area contributed by atoms with Crippen LogP contribution in [0, 0.1) is 31.4 Å². The van der Waals surface area contributed by atoms with Gasteiger partial charge in [-0.15, -0.1) is 0 Å². The fourth-order valence-corrected chi connectivity index (χ4v) is 2.50. The van der Waals surface area contributed by atoms with E-state index in [-0.39, 0.29) is 5.92 Å². The summed E-state index contributed by atoms with van der Waals surface area (Å²) >= 11 is 0. The van der Waals surface area contributed by atoms with E-state index in [0.29, 0.717) is 5.69 Å². The van der Waals surface area contributed by atoms with E-state index in [9.17, 15) is 18.4 Å². The average molecular weight is 360 g/mol. The van der Waals surface area contributed by atoms with Crippen molar-refractivity contribution in [2.24, 2.45) is 5.92 Å². The minimum atomic E-state index is -0.973. The zero-order chi connectivity index (χ0) is 19.4. The summed E-state index contributed by atoms with van der Waals surface area (Å²) in [6.07, 6.45) is 0. The van der Waals surface area contributed by atoms with Gasteiger partial charge in [0, 0.05) is 5.69 Å². The van der Waals surface area contributed by atoms with Gasteiger partial charge in [0.05, 0.1) is 0 Å². The molecule has 0 aromatic heterocycles. The molecule has 2 rings (SSSR count). The lowest BCUT2D eigenvalue weighted by molar-refractivity contribution is -0.118. The molecule has 0 aliphatic heterocycles. The van der Waals surface area contributed by atoms with Gasteiger partial charge < -0.3 is 10.6 Å². The molecule has 2 amide bonds. The van der Waals surface area contributed by atoms with Gasteiger partial charge in [-0.3, -0.25) is 9.59 Å². The first-order valence-corrected chi connectivity index (χ1v) is 8.33. The van der Waals surface area contributed by atoms with Crippen LogP contribution in [0.15, 0.2) is 36.4 Å². The third-order valence-electron chi connectivity index (χ3n) is 4.20. The maximum atomic E-state index is 13.8. The highest BCUT2D eigenvalue weighted by molar-refractivity contribution is 6.01. The van der Waals surface area contributed by atoms with E-state index in [2.05, 4.69) is 10.6 Å². The number of halogens is 2. The van der Waals surface area contributed by atoms with Crippen LogP contribution in [0.2, 0.25) is 0 Å². The molecule has 1 unspecified atom stereocenters. The van der Waals surface area contributed by atoms with Gasteiger partial charge in [0.25, 0.3) is 5.91 Å². The molecule has 0 heterocycles. The quantitative estimate of drug-likeness (QED) is 0.847. The predicted molar refractivity (Wildman–Crippen MR) is 97.0 cm³/mol. The van der Waals surface area contributed by atoms with Crippen LogP contribution in [0.5, 0.6) is 0 Å². The summed E-state index contributed by atoms with van der Waals surface area (Å²) in [5.74, 6) is -3.64. The normalized spacial score (nSPS) is 12.0. The second-order valence-corrected chi connectivity index (χ2v) is 6.58. The summed E-state index contributed by atoms with van der Waals surface area (Å²) in [7, 11) is 0. The molecule has 6 heteroatoms. The van der Waals surface area contributed by atoms with Crippen molar-refractivity contribution in [3.05, 3.63) is 64.7 Å². The van der Waals surface area contributed by atoms with Crippen LogP contribution >= 0.6 is 0 Å². The molecule has 138 valence electrons. The molecule has 2 aromatic carbocycles. The van der Waals surface area contributed by atoms with Crippen LogP contribution in [0.25, 0.3) is 0 Å². The molecule has 0 bridgehead atoms. The van der Waals surface area contributed by atoms with Crippen molar-refractivity contribution in [1.29, 1.82) is 0 Å². The fourth-order valence-electron chi connectivity index (χ4n) is 2.50. The highest BCUT2D eigenvalue weighted by Gasteiger charge is 2.27. The van der Waals surface area contributed by atoms with E-state index in [1.165, 1.54) is 6.07 Å². The Bertz CT molecular complexity index is 814. The molecule has 1 atom stereocenters. The van der Waals surface area contributed by atoms with Crippen LogP contribution in [0.3, 0.4) is 0 Å². The van der Waals surface area contributed by atoms with Crippen molar-refractivity contribution in [2.45, 2.75) is 33.7 Å². The standard InChI is InChI=1S/C20H22F2N2O2/c1-11(2)18(20(26)23-14-9-8-12(3)13(4)10-14)24-19(25)17-15(21)6-5-7-16(17)22/h5-11,18H,1-4H3,(H,23,26)(H,24,25). The van der Waals surface area contributed by atoms with E-state index in [1.807, 2.05) is 26.0 Å². The van der Waals surface area contributed by atoms with Gasteiger partial charge in [0.1, 0.15) is 23.2 Å². The molecular weight excluding hydrogens is 338 g/mol. The minimum Gasteiger partial charge on any atom is -0.340 e. The Morgan fingerprint density at radius 3 is 2.12 bits per heavy atom. The first-order chi connectivity index (χ1) is 12.2. The summed E-state index contributed by atoms with van der Waals surface area (Å²) in [6.45, 7) is 7.36. The second kappa shape index (κ2) is 8.08. The van der Waals surface area contributed by atoms with Crippen molar-refractivity contribution in [3.8, 4) is 0 Å². The highest BCUT2D eigenvalue weighted by Crippen LogP contribution is 2.17. The average Bonchev–Trinajstić information content (AvgIpc) is 2.55. The maximum Gasteiger partial charge on any atom is 0.257 e. The molecule has 0 fully saturated rings. The number of amides is 2. The number of carbonyl (C=O) groups is 2. The third-order valence-corrected chi connectivity index (χ3v) is 4.20. The molecule has 0 spiro atoms. The summed E-state index contributed by atoms with van der Waals surface area (Å²) in [5.41, 5.74) is 2.00. The fraction of sp³-hybridized carbons (Fsp3) is 0.300. The Hall–Kier alpha value is -2.76. The Balaban J connectivity index is 2.18. The number of rotatable bonds is 5. The number of hydrogen-bond donors (Lipinski definition) is 2. The lowest BCUT2D eigenvalue weighted by atomic mass is 10.0. The van der Waals surface area contributed by atoms with Gasteiger partial charge in [-0.05, 0) is 55.2 Å². The van der Waals surface area contributed by atoms with Crippen LogP contribution in [0.1, 0.15) is 35.3 Å². The Kier molecular flexibility index (Phi) is 6.08. The molecular formula is C20H22F2N2O2. The largest absolute Gasteiger partial charge is 0.340 e. The van der Waals surface area contributed by atoms with E-state index >= 15 is 0 Å². The maximum absolute atomic E-state index is 13.8. The predicted octanol–water partition coefficient (Wildman–Crippen LogP) is 3.97. The monoisotopic (exact) mass is 360 g/mol. The summed E-state index contributed by atoms with van der Waals surface area (Å²) in [6, 6.07) is 7.69. The Morgan fingerprint density at radius 2 is 1.58 bits per heavy atom. The van der Waals surface area contributed by atoms with Gasteiger partial charge in [0.15, 0.2) is 0 Å². The van der Waals surface area contributed by atoms with E-state index in [4.69, 9.17) is 0 Å². The molecule has 2 aromatic rings. The van der Waals surface area contributed by atoms with Crippen LogP contribution in [-0.2, 0) is 4.79 Å². The number of anilines is 1. The van der Waals surface area contributed by atoms with Crippen molar-refractivity contribution >= 4 is 17.5 Å². The number of hydrogen-bond acceptors (Lipinski definition) is 2. The zero-order valence-electron chi connectivity index (χ0n) is 15.2. The van der Waals surface area contributed by atoms with Gasteiger partial charge >= 0.3 is 0 Å². The van der Waals surface area contributed by atoms with Crippen molar-refractivity contribution in [2.75, 3.05) is 5.32 Å². The highest BCUT2D eigenvalue weighted by atomic mass is 19.1. The van der Waals surface area contributed by atoms with Gasteiger partial charge in [0.2, 0.25) is 5.91 Å². The Labute approximate surface area is 151 Å². The van der Waals surface area contributed by atoms with Crippen LogP contribution in [0.4, 0.5) is 14.5 Å². The second-order valence-electron chi connectivity index (χ2n) is 6.58. The minimum absolute atomic E-state index is 0.277. The number of nitrogens with one attached hydrogen (secondary N) is 2. The van der Waals surface area contributed by atoms with E-state index in [0.717, 1.165) is 23.3 Å². The molecule has 0 aliphatic rings. The molecule has 0 saturated carbocycles. The van der Waals surface area contributed by atoms with Crippen molar-refractivity contribution in [3.63, 3.8) is 0 Å². The van der Waals surface area contributed by atoms with E-state index < -0.39 is 35.1 Å². The van der Waals surface area contributed by atoms with Gasteiger partial charge in [-0.1, -0.05) is 26.0 Å². The number of carbonyl (C=O) groups excluding carboxylic acids is 2. The topological polar surface area (TPSA) is 58.2 Å². The molecule has 0 radical (unpaired) electrons. The summed E-state index contributed by atoms with van der Waals surface area (Å²) < 4.78 is 27.6. The Morgan fingerprint density at radius 1 is 0.962 bits per heavy atom. The molecule has 0 saturated heterocycles. The first kappa shape index (κ1) is 19.6. The molecule has 2 N–H and O–H groups in total. The van der Waals surface area contributed by atoms with Gasteiger partial charge in [-0.2, -0.15) is 0 Å². The molecule has 0 aliphatic carbocycles. The zero-order valence-corrected chi connectivity index (χ0v) is 15.2. The smallest absolute Gasteiger partial charge is 0.257 e. The lowest BCUT2D eigenvalue weighted by Gasteiger charge is -2.22. The number of benzene rings is 2. The van der Waals surface area contributed by atoms with Crippen molar-refractivity contribution in [1.82, 2.24) is 5.32 Å². The summed E-state index contributed by atoms with van der Waals surface area (Å²) in [4.78, 5) is 24.9.